The van der Waals surface area contributed by atoms with Crippen molar-refractivity contribution >= 4 is 27.5 Å². The topological polar surface area (TPSA) is 9.23 Å². The van der Waals surface area contributed by atoms with Gasteiger partial charge in [-0.1, -0.05) is 58.6 Å². The summed E-state index contributed by atoms with van der Waals surface area (Å²) >= 11 is 10.00. The van der Waals surface area contributed by atoms with E-state index in [0.717, 1.165) is 16.8 Å². The summed E-state index contributed by atoms with van der Waals surface area (Å²) in [6.07, 6.45) is 9.20. The van der Waals surface area contributed by atoms with Crippen LogP contribution in [0.15, 0.2) is 24.3 Å². The normalized spacial score (nSPS) is 26.2. The molecule has 1 saturated carbocycles. The van der Waals surface area contributed by atoms with E-state index in [9.17, 15) is 0 Å². The van der Waals surface area contributed by atoms with Gasteiger partial charge in [0.25, 0.3) is 0 Å². The van der Waals surface area contributed by atoms with E-state index in [-0.39, 0.29) is 5.60 Å². The summed E-state index contributed by atoms with van der Waals surface area (Å²) in [5, 5.41) is 1.83. The average Bonchev–Trinajstić information content (AvgIpc) is 3.08. The maximum Gasteiger partial charge on any atom is 0.0687 e. The van der Waals surface area contributed by atoms with Crippen LogP contribution in [0.1, 0.15) is 56.4 Å². The molecule has 1 aliphatic heterocycles. The molecular formula is C17H22BrClO. The summed E-state index contributed by atoms with van der Waals surface area (Å²) < 4.78 is 6.44. The number of halogens is 2. The van der Waals surface area contributed by atoms with Crippen molar-refractivity contribution in [2.75, 3.05) is 5.33 Å². The van der Waals surface area contributed by atoms with Crippen LogP contribution in [0.25, 0.3) is 0 Å². The molecule has 110 valence electrons. The Balaban J connectivity index is 1.66. The molecule has 1 aromatic carbocycles. The van der Waals surface area contributed by atoms with E-state index in [4.69, 9.17) is 16.3 Å². The van der Waals surface area contributed by atoms with Gasteiger partial charge in [-0.15, -0.1) is 0 Å². The Morgan fingerprint density at radius 1 is 1.25 bits per heavy atom. The van der Waals surface area contributed by atoms with E-state index in [1.807, 2.05) is 12.1 Å². The molecule has 1 heterocycles. The highest BCUT2D eigenvalue weighted by Crippen LogP contribution is 2.45. The summed E-state index contributed by atoms with van der Waals surface area (Å²) in [6, 6.07) is 8.20. The van der Waals surface area contributed by atoms with Crippen molar-refractivity contribution in [3.8, 4) is 0 Å². The fraction of sp³-hybridized carbons (Fsp3) is 0.647. The van der Waals surface area contributed by atoms with Crippen LogP contribution in [0, 0.1) is 0 Å². The second-order valence-corrected chi connectivity index (χ2v) is 7.33. The van der Waals surface area contributed by atoms with E-state index < -0.39 is 0 Å². The minimum atomic E-state index is 0.238. The standard InChI is InChI=1S/C17H22BrClO/c18-12-13(15-5-1-2-6-16(15)19)11-14-7-10-17(20-14)8-3-4-9-17/h1-2,5-6,13-14H,3-4,7-12H2. The number of hydrogen-bond acceptors (Lipinski definition) is 1. The first-order chi connectivity index (χ1) is 9.72. The lowest BCUT2D eigenvalue weighted by atomic mass is 9.93. The molecule has 0 radical (unpaired) electrons. The van der Waals surface area contributed by atoms with E-state index >= 15 is 0 Å². The fourth-order valence-electron chi connectivity index (χ4n) is 3.85. The number of alkyl halides is 1. The highest BCUT2D eigenvalue weighted by molar-refractivity contribution is 9.09. The molecular weight excluding hydrogens is 336 g/mol. The molecule has 2 atom stereocenters. The zero-order chi connectivity index (χ0) is 14.0. The maximum atomic E-state index is 6.44. The number of rotatable bonds is 4. The van der Waals surface area contributed by atoms with Gasteiger partial charge < -0.3 is 4.74 Å². The third-order valence-corrected chi connectivity index (χ3v) is 6.06. The van der Waals surface area contributed by atoms with Gasteiger partial charge in [-0.05, 0) is 49.7 Å². The molecule has 0 amide bonds. The van der Waals surface area contributed by atoms with Crippen LogP contribution in [-0.2, 0) is 4.74 Å². The predicted molar refractivity (Wildman–Crippen MR) is 87.9 cm³/mol. The first-order valence-corrected chi connectivity index (χ1v) is 9.21. The molecule has 1 aliphatic carbocycles. The molecule has 1 aromatic rings. The Morgan fingerprint density at radius 2 is 2.00 bits per heavy atom. The van der Waals surface area contributed by atoms with Crippen molar-refractivity contribution in [1.82, 2.24) is 0 Å². The molecule has 20 heavy (non-hydrogen) atoms. The van der Waals surface area contributed by atoms with Crippen molar-refractivity contribution in [3.63, 3.8) is 0 Å². The summed E-state index contributed by atoms with van der Waals surface area (Å²) in [6.45, 7) is 0. The highest BCUT2D eigenvalue weighted by Gasteiger charge is 2.42. The molecule has 0 N–H and O–H groups in total. The minimum absolute atomic E-state index is 0.238. The third kappa shape index (κ3) is 3.08. The summed E-state index contributed by atoms with van der Waals surface area (Å²) in [5.41, 5.74) is 1.49. The predicted octanol–water partition coefficient (Wildman–Crippen LogP) is 5.70. The average molecular weight is 358 g/mol. The first kappa shape index (κ1) is 14.9. The van der Waals surface area contributed by atoms with Crippen LogP contribution in [0.4, 0.5) is 0 Å². The molecule has 3 heteroatoms. The van der Waals surface area contributed by atoms with Gasteiger partial charge in [-0.25, -0.2) is 0 Å². The molecule has 1 saturated heterocycles. The van der Waals surface area contributed by atoms with Crippen LogP contribution in [0.5, 0.6) is 0 Å². The maximum absolute atomic E-state index is 6.44. The molecule has 3 rings (SSSR count). The van der Waals surface area contributed by atoms with Crippen LogP contribution < -0.4 is 0 Å². The zero-order valence-corrected chi connectivity index (χ0v) is 14.1. The lowest BCUT2D eigenvalue weighted by Crippen LogP contribution is -2.25. The van der Waals surface area contributed by atoms with Crippen molar-refractivity contribution in [2.45, 2.75) is 62.6 Å². The Morgan fingerprint density at radius 3 is 2.70 bits per heavy atom. The van der Waals surface area contributed by atoms with Gasteiger partial charge in [0.1, 0.15) is 0 Å². The van der Waals surface area contributed by atoms with E-state index in [2.05, 4.69) is 28.1 Å². The van der Waals surface area contributed by atoms with Gasteiger partial charge in [0.15, 0.2) is 0 Å². The Bertz CT molecular complexity index is 456. The molecule has 2 fully saturated rings. The van der Waals surface area contributed by atoms with Crippen molar-refractivity contribution in [2.24, 2.45) is 0 Å². The van der Waals surface area contributed by atoms with Gasteiger partial charge in [-0.2, -0.15) is 0 Å². The summed E-state index contributed by atoms with van der Waals surface area (Å²) in [7, 11) is 0. The number of hydrogen-bond donors (Lipinski definition) is 0. The van der Waals surface area contributed by atoms with Gasteiger partial charge in [0, 0.05) is 10.4 Å². The van der Waals surface area contributed by atoms with E-state index in [1.54, 1.807) is 0 Å². The number of ether oxygens (including phenoxy) is 1. The quantitative estimate of drug-likeness (QED) is 0.628. The molecule has 1 spiro atoms. The van der Waals surface area contributed by atoms with Gasteiger partial charge in [-0.3, -0.25) is 0 Å². The summed E-state index contributed by atoms with van der Waals surface area (Å²) in [5.74, 6) is 0.449. The molecule has 0 bridgehead atoms. The van der Waals surface area contributed by atoms with Crippen molar-refractivity contribution in [1.29, 1.82) is 0 Å². The second kappa shape index (κ2) is 6.37. The van der Waals surface area contributed by atoms with Gasteiger partial charge in [0.2, 0.25) is 0 Å². The monoisotopic (exact) mass is 356 g/mol. The van der Waals surface area contributed by atoms with E-state index in [0.29, 0.717) is 12.0 Å². The Hall–Kier alpha value is -0.0500. The molecule has 0 aromatic heterocycles. The molecule has 2 aliphatic rings. The van der Waals surface area contributed by atoms with Gasteiger partial charge >= 0.3 is 0 Å². The molecule has 2 unspecified atom stereocenters. The molecule has 1 nitrogen and oxygen atoms in total. The van der Waals surface area contributed by atoms with Crippen LogP contribution in [0.3, 0.4) is 0 Å². The van der Waals surface area contributed by atoms with Crippen LogP contribution in [0.2, 0.25) is 5.02 Å². The second-order valence-electron chi connectivity index (χ2n) is 6.28. The van der Waals surface area contributed by atoms with Gasteiger partial charge in [0.05, 0.1) is 11.7 Å². The Kier molecular flexibility index (Phi) is 4.74. The summed E-state index contributed by atoms with van der Waals surface area (Å²) in [4.78, 5) is 0. The zero-order valence-electron chi connectivity index (χ0n) is 11.8. The lowest BCUT2D eigenvalue weighted by Gasteiger charge is -2.26. The fourth-order valence-corrected chi connectivity index (χ4v) is 4.75. The largest absolute Gasteiger partial charge is 0.372 e. The Labute approximate surface area is 135 Å². The third-order valence-electron chi connectivity index (χ3n) is 4.93. The van der Waals surface area contributed by atoms with Crippen molar-refractivity contribution < 1.29 is 4.74 Å². The van der Waals surface area contributed by atoms with Crippen LogP contribution in [-0.4, -0.2) is 17.0 Å². The van der Waals surface area contributed by atoms with Crippen molar-refractivity contribution in [3.05, 3.63) is 34.9 Å². The smallest absolute Gasteiger partial charge is 0.0687 e. The highest BCUT2D eigenvalue weighted by atomic mass is 79.9. The number of benzene rings is 1. The lowest BCUT2D eigenvalue weighted by molar-refractivity contribution is -0.0404. The van der Waals surface area contributed by atoms with Crippen LogP contribution >= 0.6 is 27.5 Å². The van der Waals surface area contributed by atoms with E-state index in [1.165, 1.54) is 44.1 Å². The SMILES string of the molecule is Clc1ccccc1C(CBr)CC1CCC2(CCCC2)O1. The minimum Gasteiger partial charge on any atom is -0.372 e. The first-order valence-electron chi connectivity index (χ1n) is 7.71.